The van der Waals surface area contributed by atoms with Crippen LogP contribution in [0, 0.1) is 5.92 Å². The number of nitrogens with one attached hydrogen (secondary N) is 1. The summed E-state index contributed by atoms with van der Waals surface area (Å²) in [6.07, 6.45) is 2.30. The monoisotopic (exact) mass is 350 g/mol. The SMILES string of the molecule is CC(C)CNC(=O)c1nc2cccnc2n(CCc2ccccc2)c1=O. The molecule has 2 heterocycles. The molecule has 1 amide bonds. The lowest BCUT2D eigenvalue weighted by Crippen LogP contribution is -2.36. The van der Waals surface area contributed by atoms with Crippen LogP contribution in [0.3, 0.4) is 0 Å². The fourth-order valence-corrected chi connectivity index (χ4v) is 2.70. The van der Waals surface area contributed by atoms with Gasteiger partial charge in [-0.1, -0.05) is 44.2 Å². The molecule has 1 aromatic carbocycles. The normalized spacial score (nSPS) is 11.0. The molecule has 0 atom stereocenters. The lowest BCUT2D eigenvalue weighted by molar-refractivity contribution is 0.0942. The number of hydrogen-bond donors (Lipinski definition) is 1. The first-order chi connectivity index (χ1) is 12.6. The summed E-state index contributed by atoms with van der Waals surface area (Å²) in [5.74, 6) is -0.149. The zero-order chi connectivity index (χ0) is 18.5. The van der Waals surface area contributed by atoms with Crippen molar-refractivity contribution in [3.63, 3.8) is 0 Å². The standard InChI is InChI=1S/C20H22N4O2/c1-14(2)13-22-19(25)17-20(26)24(12-10-15-7-4-3-5-8-15)18-16(23-17)9-6-11-21-18/h3-9,11,14H,10,12-13H2,1-2H3,(H,22,25). The highest BCUT2D eigenvalue weighted by Gasteiger charge is 2.18. The Bertz CT molecular complexity index is 964. The number of carbonyl (C=O) groups is 1. The first-order valence-corrected chi connectivity index (χ1v) is 8.74. The highest BCUT2D eigenvalue weighted by atomic mass is 16.2. The summed E-state index contributed by atoms with van der Waals surface area (Å²) in [4.78, 5) is 33.9. The molecule has 0 saturated carbocycles. The van der Waals surface area contributed by atoms with Crippen molar-refractivity contribution in [2.45, 2.75) is 26.8 Å². The van der Waals surface area contributed by atoms with Gasteiger partial charge < -0.3 is 5.32 Å². The van der Waals surface area contributed by atoms with Crippen LogP contribution in [0.5, 0.6) is 0 Å². The minimum absolute atomic E-state index is 0.0841. The maximum Gasteiger partial charge on any atom is 0.283 e. The molecule has 26 heavy (non-hydrogen) atoms. The third kappa shape index (κ3) is 3.96. The molecule has 2 aromatic heterocycles. The van der Waals surface area contributed by atoms with Crippen LogP contribution in [-0.2, 0) is 13.0 Å². The molecule has 0 unspecified atom stereocenters. The summed E-state index contributed by atoms with van der Waals surface area (Å²) in [5.41, 5.74) is 1.66. The molecule has 0 bridgehead atoms. The second-order valence-corrected chi connectivity index (χ2v) is 6.60. The summed E-state index contributed by atoms with van der Waals surface area (Å²) in [6, 6.07) is 13.4. The average molecular weight is 350 g/mol. The van der Waals surface area contributed by atoms with E-state index < -0.39 is 11.5 Å². The van der Waals surface area contributed by atoms with Gasteiger partial charge in [0.05, 0.1) is 0 Å². The van der Waals surface area contributed by atoms with Crippen molar-refractivity contribution in [1.29, 1.82) is 0 Å². The third-order valence-electron chi connectivity index (χ3n) is 4.05. The summed E-state index contributed by atoms with van der Waals surface area (Å²) in [7, 11) is 0. The molecule has 0 spiro atoms. The summed E-state index contributed by atoms with van der Waals surface area (Å²) in [6.45, 7) is 4.92. The Labute approximate surface area is 151 Å². The number of fused-ring (bicyclic) bond motifs is 1. The van der Waals surface area contributed by atoms with E-state index in [1.54, 1.807) is 22.9 Å². The zero-order valence-corrected chi connectivity index (χ0v) is 15.0. The molecule has 0 saturated heterocycles. The number of pyridine rings is 1. The first-order valence-electron chi connectivity index (χ1n) is 8.74. The molecule has 6 heteroatoms. The number of amides is 1. The summed E-state index contributed by atoms with van der Waals surface area (Å²) >= 11 is 0. The van der Waals surface area contributed by atoms with Gasteiger partial charge in [-0.15, -0.1) is 0 Å². The number of nitrogens with zero attached hydrogens (tertiary/aromatic N) is 3. The Morgan fingerprint density at radius 3 is 2.65 bits per heavy atom. The van der Waals surface area contributed by atoms with E-state index in [4.69, 9.17) is 0 Å². The van der Waals surface area contributed by atoms with Gasteiger partial charge in [0.2, 0.25) is 0 Å². The van der Waals surface area contributed by atoms with Gasteiger partial charge in [0.1, 0.15) is 5.52 Å². The van der Waals surface area contributed by atoms with Crippen molar-refractivity contribution in [3.05, 3.63) is 70.3 Å². The zero-order valence-electron chi connectivity index (χ0n) is 15.0. The number of aromatic nitrogens is 3. The van der Waals surface area contributed by atoms with Crippen molar-refractivity contribution in [2.24, 2.45) is 5.92 Å². The van der Waals surface area contributed by atoms with E-state index in [0.29, 0.717) is 36.6 Å². The van der Waals surface area contributed by atoms with Gasteiger partial charge >= 0.3 is 0 Å². The van der Waals surface area contributed by atoms with Gasteiger partial charge in [-0.05, 0) is 30.0 Å². The minimum atomic E-state index is -0.442. The van der Waals surface area contributed by atoms with Crippen LogP contribution >= 0.6 is 0 Å². The van der Waals surface area contributed by atoms with Crippen molar-refractivity contribution in [1.82, 2.24) is 19.9 Å². The van der Waals surface area contributed by atoms with Crippen LogP contribution in [0.15, 0.2) is 53.5 Å². The second-order valence-electron chi connectivity index (χ2n) is 6.60. The number of benzene rings is 1. The van der Waals surface area contributed by atoms with E-state index >= 15 is 0 Å². The molecule has 6 nitrogen and oxygen atoms in total. The topological polar surface area (TPSA) is 76.9 Å². The van der Waals surface area contributed by atoms with Gasteiger partial charge in [0, 0.05) is 19.3 Å². The Kier molecular flexibility index (Phi) is 5.41. The molecule has 1 N–H and O–H groups in total. The van der Waals surface area contributed by atoms with Crippen LogP contribution in [0.2, 0.25) is 0 Å². The summed E-state index contributed by atoms with van der Waals surface area (Å²) in [5, 5.41) is 2.77. The van der Waals surface area contributed by atoms with Gasteiger partial charge in [-0.3, -0.25) is 14.2 Å². The van der Waals surface area contributed by atoms with Crippen LogP contribution in [-0.4, -0.2) is 27.0 Å². The van der Waals surface area contributed by atoms with Crippen LogP contribution < -0.4 is 10.9 Å². The Morgan fingerprint density at radius 1 is 1.15 bits per heavy atom. The summed E-state index contributed by atoms with van der Waals surface area (Å²) < 4.78 is 1.54. The molecule has 3 aromatic rings. The Morgan fingerprint density at radius 2 is 1.92 bits per heavy atom. The molecule has 0 aliphatic carbocycles. The van der Waals surface area contributed by atoms with E-state index in [9.17, 15) is 9.59 Å². The van der Waals surface area contributed by atoms with E-state index in [1.165, 1.54) is 0 Å². The van der Waals surface area contributed by atoms with Crippen LogP contribution in [0.1, 0.15) is 29.9 Å². The molecule has 134 valence electrons. The fraction of sp³-hybridized carbons (Fsp3) is 0.300. The maximum absolute atomic E-state index is 12.9. The first kappa shape index (κ1) is 17.8. The highest BCUT2D eigenvalue weighted by Crippen LogP contribution is 2.09. The number of carbonyl (C=O) groups excluding carboxylic acids is 1. The predicted molar refractivity (Wildman–Crippen MR) is 101 cm³/mol. The molecule has 0 aliphatic rings. The van der Waals surface area contributed by atoms with E-state index in [-0.39, 0.29) is 5.69 Å². The highest BCUT2D eigenvalue weighted by molar-refractivity contribution is 5.93. The lowest BCUT2D eigenvalue weighted by Gasteiger charge is -2.12. The average Bonchev–Trinajstić information content (AvgIpc) is 2.65. The van der Waals surface area contributed by atoms with Crippen LogP contribution in [0.4, 0.5) is 0 Å². The largest absolute Gasteiger partial charge is 0.350 e. The lowest BCUT2D eigenvalue weighted by atomic mass is 10.1. The van der Waals surface area contributed by atoms with E-state index in [0.717, 1.165) is 5.56 Å². The fourth-order valence-electron chi connectivity index (χ4n) is 2.70. The van der Waals surface area contributed by atoms with Gasteiger partial charge in [-0.25, -0.2) is 9.97 Å². The third-order valence-corrected chi connectivity index (χ3v) is 4.05. The van der Waals surface area contributed by atoms with Crippen molar-refractivity contribution >= 4 is 17.1 Å². The Balaban J connectivity index is 1.98. The number of hydrogen-bond acceptors (Lipinski definition) is 4. The van der Waals surface area contributed by atoms with Gasteiger partial charge in [-0.2, -0.15) is 0 Å². The van der Waals surface area contributed by atoms with E-state index in [2.05, 4.69) is 15.3 Å². The quantitative estimate of drug-likeness (QED) is 0.741. The van der Waals surface area contributed by atoms with Gasteiger partial charge in [0.25, 0.3) is 11.5 Å². The molecular formula is C20H22N4O2. The van der Waals surface area contributed by atoms with Crippen molar-refractivity contribution in [3.8, 4) is 0 Å². The van der Waals surface area contributed by atoms with Crippen molar-refractivity contribution in [2.75, 3.05) is 6.54 Å². The second kappa shape index (κ2) is 7.91. The molecule has 0 aliphatic heterocycles. The maximum atomic E-state index is 12.9. The van der Waals surface area contributed by atoms with Gasteiger partial charge in [0.15, 0.2) is 11.3 Å². The molecule has 3 rings (SSSR count). The number of aryl methyl sites for hydroxylation is 2. The Hall–Kier alpha value is -3.02. The molecule has 0 radical (unpaired) electrons. The number of rotatable bonds is 6. The predicted octanol–water partition coefficient (Wildman–Crippen LogP) is 2.42. The molecule has 0 fully saturated rings. The van der Waals surface area contributed by atoms with E-state index in [1.807, 2.05) is 44.2 Å². The molecular weight excluding hydrogens is 328 g/mol. The minimum Gasteiger partial charge on any atom is -0.350 e. The smallest absolute Gasteiger partial charge is 0.283 e. The van der Waals surface area contributed by atoms with Crippen LogP contribution in [0.25, 0.3) is 11.2 Å². The van der Waals surface area contributed by atoms with Crippen molar-refractivity contribution < 1.29 is 4.79 Å².